The molecule has 0 saturated heterocycles. The minimum absolute atomic E-state index is 0.493. The van der Waals surface area contributed by atoms with Crippen LogP contribution in [-0.4, -0.2) is 29.8 Å². The Kier molecular flexibility index (Phi) is 3.43. The third-order valence-corrected chi connectivity index (χ3v) is 3.20. The molecular formula is C11H20N4O. The minimum atomic E-state index is 0.493. The van der Waals surface area contributed by atoms with Crippen LogP contribution in [0.4, 0.5) is 6.01 Å². The first-order valence-electron chi connectivity index (χ1n) is 5.98. The summed E-state index contributed by atoms with van der Waals surface area (Å²) in [7, 11) is 2.02. The van der Waals surface area contributed by atoms with Crippen molar-refractivity contribution < 1.29 is 4.42 Å². The Bertz CT molecular complexity index is 334. The molecule has 1 aromatic rings. The molecular weight excluding hydrogens is 204 g/mol. The van der Waals surface area contributed by atoms with E-state index in [1.165, 1.54) is 12.8 Å². The Morgan fingerprint density at radius 1 is 1.50 bits per heavy atom. The number of rotatable bonds is 6. The largest absolute Gasteiger partial charge is 0.407 e. The molecule has 1 aliphatic carbocycles. The molecule has 1 saturated carbocycles. The van der Waals surface area contributed by atoms with Gasteiger partial charge in [0.05, 0.1) is 6.54 Å². The van der Waals surface area contributed by atoms with Gasteiger partial charge < -0.3 is 14.6 Å². The molecule has 0 amide bonds. The molecule has 0 bridgehead atoms. The Hall–Kier alpha value is -1.10. The lowest BCUT2D eigenvalue weighted by atomic mass is 10.2. The van der Waals surface area contributed by atoms with Gasteiger partial charge in [0.15, 0.2) is 0 Å². The van der Waals surface area contributed by atoms with E-state index in [0.29, 0.717) is 24.5 Å². The predicted octanol–water partition coefficient (Wildman–Crippen LogP) is 1.41. The number of hydrogen-bond acceptors (Lipinski definition) is 5. The summed E-state index contributed by atoms with van der Waals surface area (Å²) in [5.74, 6) is 1.46. The molecule has 0 aromatic carbocycles. The van der Waals surface area contributed by atoms with Gasteiger partial charge in [-0.2, -0.15) is 0 Å². The maximum absolute atomic E-state index is 5.59. The van der Waals surface area contributed by atoms with E-state index >= 15 is 0 Å². The van der Waals surface area contributed by atoms with Gasteiger partial charge in [-0.05, 0) is 32.2 Å². The Labute approximate surface area is 96.2 Å². The van der Waals surface area contributed by atoms with Crippen LogP contribution in [0.25, 0.3) is 0 Å². The summed E-state index contributed by atoms with van der Waals surface area (Å²) in [5, 5.41) is 11.3. The summed E-state index contributed by atoms with van der Waals surface area (Å²) in [5.41, 5.74) is 0. The second-order valence-corrected chi connectivity index (χ2v) is 4.45. The van der Waals surface area contributed by atoms with E-state index in [1.807, 2.05) is 7.05 Å². The summed E-state index contributed by atoms with van der Waals surface area (Å²) < 4.78 is 5.59. The van der Waals surface area contributed by atoms with Gasteiger partial charge in [-0.3, -0.25) is 0 Å². The maximum Gasteiger partial charge on any atom is 0.318 e. The predicted molar refractivity (Wildman–Crippen MR) is 62.3 cm³/mol. The summed E-state index contributed by atoms with van der Waals surface area (Å²) in [4.78, 5) is 2.08. The van der Waals surface area contributed by atoms with Crippen molar-refractivity contribution in [1.29, 1.82) is 0 Å². The lowest BCUT2D eigenvalue weighted by molar-refractivity contribution is 0.452. The van der Waals surface area contributed by atoms with Gasteiger partial charge in [-0.25, -0.2) is 0 Å². The highest BCUT2D eigenvalue weighted by atomic mass is 16.4. The third-order valence-electron chi connectivity index (χ3n) is 3.20. The molecule has 16 heavy (non-hydrogen) atoms. The maximum atomic E-state index is 5.59. The number of nitrogens with zero attached hydrogens (tertiary/aromatic N) is 3. The Morgan fingerprint density at radius 2 is 2.25 bits per heavy atom. The van der Waals surface area contributed by atoms with E-state index in [1.54, 1.807) is 0 Å². The molecule has 2 rings (SSSR count). The van der Waals surface area contributed by atoms with Gasteiger partial charge in [0, 0.05) is 13.1 Å². The highest BCUT2D eigenvalue weighted by Gasteiger charge is 2.32. The highest BCUT2D eigenvalue weighted by Crippen LogP contribution is 2.35. The van der Waals surface area contributed by atoms with E-state index in [4.69, 9.17) is 4.42 Å². The molecule has 1 N–H and O–H groups in total. The number of aromatic nitrogens is 2. The van der Waals surface area contributed by atoms with E-state index in [9.17, 15) is 0 Å². The van der Waals surface area contributed by atoms with Crippen LogP contribution in [0.3, 0.4) is 0 Å². The molecule has 1 fully saturated rings. The molecule has 5 nitrogen and oxygen atoms in total. The molecule has 1 aromatic heterocycles. The van der Waals surface area contributed by atoms with Gasteiger partial charge in [-0.15, -0.1) is 5.10 Å². The SMILES string of the molecule is CCNCc1nnc(N(C)C(C)C2CC2)o1. The number of nitrogens with one attached hydrogen (secondary N) is 1. The monoisotopic (exact) mass is 224 g/mol. The smallest absolute Gasteiger partial charge is 0.318 e. The van der Waals surface area contributed by atoms with E-state index < -0.39 is 0 Å². The van der Waals surface area contributed by atoms with Crippen molar-refractivity contribution in [1.82, 2.24) is 15.5 Å². The zero-order chi connectivity index (χ0) is 11.5. The molecule has 1 heterocycles. The highest BCUT2D eigenvalue weighted by molar-refractivity contribution is 5.25. The van der Waals surface area contributed by atoms with Crippen LogP contribution in [-0.2, 0) is 6.54 Å². The lowest BCUT2D eigenvalue weighted by Crippen LogP contribution is -2.30. The van der Waals surface area contributed by atoms with Crippen molar-refractivity contribution in [3.05, 3.63) is 5.89 Å². The summed E-state index contributed by atoms with van der Waals surface area (Å²) in [6.45, 7) is 5.82. The normalized spacial score (nSPS) is 17.4. The van der Waals surface area contributed by atoms with Crippen LogP contribution in [0.2, 0.25) is 0 Å². The fourth-order valence-corrected chi connectivity index (χ4v) is 1.76. The topological polar surface area (TPSA) is 54.2 Å². The first-order chi connectivity index (χ1) is 7.72. The van der Waals surface area contributed by atoms with Gasteiger partial charge in [0.25, 0.3) is 0 Å². The van der Waals surface area contributed by atoms with Crippen molar-refractivity contribution in [3.8, 4) is 0 Å². The van der Waals surface area contributed by atoms with Crippen molar-refractivity contribution in [2.45, 2.75) is 39.3 Å². The molecule has 0 spiro atoms. The second kappa shape index (κ2) is 4.82. The Balaban J connectivity index is 1.94. The zero-order valence-electron chi connectivity index (χ0n) is 10.2. The third kappa shape index (κ3) is 2.52. The lowest BCUT2D eigenvalue weighted by Gasteiger charge is -2.21. The summed E-state index contributed by atoms with van der Waals surface area (Å²) in [6, 6.07) is 1.12. The van der Waals surface area contributed by atoms with Crippen LogP contribution in [0.5, 0.6) is 0 Å². The summed E-state index contributed by atoms with van der Waals surface area (Å²) in [6.07, 6.45) is 2.65. The van der Waals surface area contributed by atoms with Crippen molar-refractivity contribution in [2.75, 3.05) is 18.5 Å². The van der Waals surface area contributed by atoms with Crippen molar-refractivity contribution in [3.63, 3.8) is 0 Å². The zero-order valence-corrected chi connectivity index (χ0v) is 10.2. The molecule has 1 aliphatic rings. The summed E-state index contributed by atoms with van der Waals surface area (Å²) >= 11 is 0. The first-order valence-corrected chi connectivity index (χ1v) is 5.98. The van der Waals surface area contributed by atoms with E-state index in [2.05, 4.69) is 34.3 Å². The van der Waals surface area contributed by atoms with Gasteiger partial charge in [0.1, 0.15) is 0 Å². The Morgan fingerprint density at radius 3 is 2.88 bits per heavy atom. The van der Waals surface area contributed by atoms with Crippen molar-refractivity contribution in [2.24, 2.45) is 5.92 Å². The molecule has 0 aliphatic heterocycles. The fraction of sp³-hybridized carbons (Fsp3) is 0.818. The van der Waals surface area contributed by atoms with Crippen LogP contribution in [0, 0.1) is 5.92 Å². The minimum Gasteiger partial charge on any atom is -0.407 e. The number of hydrogen-bond donors (Lipinski definition) is 1. The molecule has 1 unspecified atom stereocenters. The van der Waals surface area contributed by atoms with Crippen LogP contribution < -0.4 is 10.2 Å². The standard InChI is InChI=1S/C11H20N4O/c1-4-12-7-10-13-14-11(16-10)15(3)8(2)9-5-6-9/h8-9,12H,4-7H2,1-3H3. The van der Waals surface area contributed by atoms with Crippen LogP contribution in [0.15, 0.2) is 4.42 Å². The molecule has 0 radical (unpaired) electrons. The van der Waals surface area contributed by atoms with Gasteiger partial charge in [-0.1, -0.05) is 12.0 Å². The fourth-order valence-electron chi connectivity index (χ4n) is 1.76. The van der Waals surface area contributed by atoms with Gasteiger partial charge in [0.2, 0.25) is 5.89 Å². The van der Waals surface area contributed by atoms with E-state index in [0.717, 1.165) is 12.5 Å². The van der Waals surface area contributed by atoms with Crippen LogP contribution in [0.1, 0.15) is 32.6 Å². The molecule has 1 atom stereocenters. The molecule has 90 valence electrons. The van der Waals surface area contributed by atoms with Crippen molar-refractivity contribution >= 4 is 6.01 Å². The quantitative estimate of drug-likeness (QED) is 0.792. The molecule has 5 heteroatoms. The number of anilines is 1. The first kappa shape index (κ1) is 11.4. The second-order valence-electron chi connectivity index (χ2n) is 4.45. The average Bonchev–Trinajstić information content (AvgIpc) is 3.04. The van der Waals surface area contributed by atoms with E-state index in [-0.39, 0.29) is 0 Å². The van der Waals surface area contributed by atoms with Crippen LogP contribution >= 0.6 is 0 Å². The van der Waals surface area contributed by atoms with Gasteiger partial charge >= 0.3 is 6.01 Å². The average molecular weight is 224 g/mol.